The molecule has 0 unspecified atom stereocenters. The fraction of sp³-hybridized carbons (Fsp3) is 0.125. The second-order valence-electron chi connectivity index (χ2n) is 6.35. The molecule has 0 saturated carbocycles. The van der Waals surface area contributed by atoms with Gasteiger partial charge in [-0.15, -0.1) is 0 Å². The van der Waals surface area contributed by atoms with Crippen molar-refractivity contribution in [2.24, 2.45) is 0 Å². The molecule has 3 rings (SSSR count). The monoisotopic (exact) mass is 372 g/mol. The molecule has 0 aliphatic carbocycles. The molecule has 28 heavy (non-hydrogen) atoms. The number of urea groups is 1. The summed E-state index contributed by atoms with van der Waals surface area (Å²) in [6, 6.07) is 27.5. The summed E-state index contributed by atoms with van der Waals surface area (Å²) in [5.74, 6) is 0.762. The summed E-state index contributed by atoms with van der Waals surface area (Å²) in [5, 5.41) is 2.87. The molecule has 0 aliphatic heterocycles. The van der Waals surface area contributed by atoms with Crippen LogP contribution in [0, 0.1) is 0 Å². The minimum absolute atomic E-state index is 0.154. The van der Waals surface area contributed by atoms with Crippen LogP contribution in [-0.2, 0) is 13.1 Å². The highest BCUT2D eigenvalue weighted by atomic mass is 16.5. The van der Waals surface area contributed by atoms with Crippen molar-refractivity contribution in [1.82, 2.24) is 10.2 Å². The lowest BCUT2D eigenvalue weighted by Gasteiger charge is -2.22. The molecule has 2 amide bonds. The molecule has 3 aromatic carbocycles. The molecule has 0 fully saturated rings. The smallest absolute Gasteiger partial charge is 0.321 e. The van der Waals surface area contributed by atoms with Crippen LogP contribution in [0.1, 0.15) is 16.7 Å². The highest BCUT2D eigenvalue weighted by molar-refractivity contribution is 5.76. The number of amides is 2. The molecule has 4 nitrogen and oxygen atoms in total. The fourth-order valence-corrected chi connectivity index (χ4v) is 2.91. The first kappa shape index (κ1) is 19.2. The van der Waals surface area contributed by atoms with Crippen LogP contribution in [0.15, 0.2) is 91.1 Å². The summed E-state index contributed by atoms with van der Waals surface area (Å²) in [5.41, 5.74) is 3.08. The van der Waals surface area contributed by atoms with Gasteiger partial charge in [-0.25, -0.2) is 4.79 Å². The molecule has 0 aliphatic rings. The fourth-order valence-electron chi connectivity index (χ4n) is 2.91. The number of methoxy groups -OCH3 is 1. The first-order valence-electron chi connectivity index (χ1n) is 9.19. The van der Waals surface area contributed by atoms with Gasteiger partial charge in [-0.05, 0) is 23.3 Å². The Morgan fingerprint density at radius 3 is 1.96 bits per heavy atom. The zero-order valence-electron chi connectivity index (χ0n) is 15.9. The van der Waals surface area contributed by atoms with Gasteiger partial charge in [0.2, 0.25) is 0 Å². The Hall–Kier alpha value is -3.53. The van der Waals surface area contributed by atoms with E-state index in [1.54, 1.807) is 18.2 Å². The molecule has 142 valence electrons. The van der Waals surface area contributed by atoms with E-state index < -0.39 is 0 Å². The zero-order chi connectivity index (χ0) is 19.6. The summed E-state index contributed by atoms with van der Waals surface area (Å²) in [4.78, 5) is 14.6. The lowest BCUT2D eigenvalue weighted by Crippen LogP contribution is -2.36. The number of carbonyl (C=O) groups is 1. The molecule has 0 spiro atoms. The Morgan fingerprint density at radius 2 is 1.39 bits per heavy atom. The van der Waals surface area contributed by atoms with Gasteiger partial charge in [-0.2, -0.15) is 0 Å². The molecule has 4 heteroatoms. The van der Waals surface area contributed by atoms with Crippen LogP contribution < -0.4 is 10.1 Å². The Labute approximate surface area is 166 Å². The van der Waals surface area contributed by atoms with Gasteiger partial charge in [0, 0.05) is 24.9 Å². The molecule has 0 bridgehead atoms. The molecule has 0 atom stereocenters. The van der Waals surface area contributed by atoms with Crippen molar-refractivity contribution >= 4 is 12.1 Å². The number of nitrogens with zero attached hydrogens (tertiary/aromatic N) is 1. The van der Waals surface area contributed by atoms with Gasteiger partial charge in [0.05, 0.1) is 7.11 Å². The lowest BCUT2D eigenvalue weighted by atomic mass is 10.2. The first-order valence-corrected chi connectivity index (χ1v) is 9.19. The van der Waals surface area contributed by atoms with Crippen molar-refractivity contribution in [3.63, 3.8) is 0 Å². The van der Waals surface area contributed by atoms with Crippen LogP contribution in [0.25, 0.3) is 6.08 Å². The van der Waals surface area contributed by atoms with Crippen LogP contribution >= 0.6 is 0 Å². The van der Waals surface area contributed by atoms with Crippen molar-refractivity contribution in [3.05, 3.63) is 108 Å². The highest BCUT2D eigenvalue weighted by Gasteiger charge is 2.13. The van der Waals surface area contributed by atoms with Gasteiger partial charge in [-0.1, -0.05) is 78.9 Å². The van der Waals surface area contributed by atoms with Crippen molar-refractivity contribution in [1.29, 1.82) is 0 Å². The maximum absolute atomic E-state index is 12.8. The number of ether oxygens (including phenoxy) is 1. The standard InChI is InChI=1S/C24H24N2O2/c1-28-23-15-9-8-14-22(23)16-17-25-24(27)26(18-20-10-4-2-5-11-20)19-21-12-6-3-7-13-21/h2-17H,18-19H2,1H3,(H,25,27)/b17-16+. The van der Waals surface area contributed by atoms with E-state index in [2.05, 4.69) is 5.32 Å². The number of hydrogen-bond donors (Lipinski definition) is 1. The van der Waals surface area contributed by atoms with Gasteiger partial charge in [0.15, 0.2) is 0 Å². The molecule has 0 heterocycles. The Bertz CT molecular complexity index is 867. The second-order valence-corrected chi connectivity index (χ2v) is 6.35. The van der Waals surface area contributed by atoms with E-state index in [4.69, 9.17) is 4.74 Å². The lowest BCUT2D eigenvalue weighted by molar-refractivity contribution is 0.196. The molecule has 0 aromatic heterocycles. The van der Waals surface area contributed by atoms with E-state index in [1.165, 1.54) is 0 Å². The highest BCUT2D eigenvalue weighted by Crippen LogP contribution is 2.18. The maximum Gasteiger partial charge on any atom is 0.321 e. The van der Waals surface area contributed by atoms with Gasteiger partial charge in [-0.3, -0.25) is 0 Å². The number of nitrogens with one attached hydrogen (secondary N) is 1. The van der Waals surface area contributed by atoms with Crippen molar-refractivity contribution in [2.75, 3.05) is 7.11 Å². The van der Waals surface area contributed by atoms with Crippen LogP contribution in [0.5, 0.6) is 5.75 Å². The quantitative estimate of drug-likeness (QED) is 0.628. The van der Waals surface area contributed by atoms with E-state index in [0.717, 1.165) is 22.4 Å². The summed E-state index contributed by atoms with van der Waals surface area (Å²) < 4.78 is 5.33. The SMILES string of the molecule is COc1ccccc1/C=C/NC(=O)N(Cc1ccccc1)Cc1ccccc1. The van der Waals surface area contributed by atoms with E-state index >= 15 is 0 Å². The largest absolute Gasteiger partial charge is 0.496 e. The Kier molecular flexibility index (Phi) is 6.85. The third-order valence-electron chi connectivity index (χ3n) is 4.33. The summed E-state index contributed by atoms with van der Waals surface area (Å²) in [6.07, 6.45) is 3.49. The number of hydrogen-bond acceptors (Lipinski definition) is 2. The first-order chi connectivity index (χ1) is 13.8. The van der Waals surface area contributed by atoms with Gasteiger partial charge < -0.3 is 15.0 Å². The normalized spacial score (nSPS) is 10.6. The Morgan fingerprint density at radius 1 is 0.857 bits per heavy atom. The summed E-state index contributed by atoms with van der Waals surface area (Å²) in [6.45, 7) is 1.06. The average molecular weight is 372 g/mol. The van der Waals surface area contributed by atoms with Crippen LogP contribution in [-0.4, -0.2) is 18.0 Å². The van der Waals surface area contributed by atoms with Crippen LogP contribution in [0.4, 0.5) is 4.79 Å². The predicted octanol–water partition coefficient (Wildman–Crippen LogP) is 5.08. The third kappa shape index (κ3) is 5.48. The van der Waals surface area contributed by atoms with Crippen LogP contribution in [0.2, 0.25) is 0 Å². The van der Waals surface area contributed by atoms with Crippen molar-refractivity contribution < 1.29 is 9.53 Å². The summed E-state index contributed by atoms with van der Waals surface area (Å²) >= 11 is 0. The zero-order valence-corrected chi connectivity index (χ0v) is 15.9. The average Bonchev–Trinajstić information content (AvgIpc) is 2.75. The van der Waals surface area contributed by atoms with Gasteiger partial charge in [0.1, 0.15) is 5.75 Å². The molecule has 0 radical (unpaired) electrons. The molecular weight excluding hydrogens is 348 g/mol. The predicted molar refractivity (Wildman–Crippen MR) is 113 cm³/mol. The van der Waals surface area contributed by atoms with Crippen molar-refractivity contribution in [2.45, 2.75) is 13.1 Å². The Balaban J connectivity index is 1.71. The molecular formula is C24H24N2O2. The number of carbonyl (C=O) groups excluding carboxylic acids is 1. The van der Waals surface area contributed by atoms with E-state index in [0.29, 0.717) is 13.1 Å². The number of rotatable bonds is 7. The second kappa shape index (κ2) is 9.97. The third-order valence-corrected chi connectivity index (χ3v) is 4.33. The van der Waals surface area contributed by atoms with Crippen molar-refractivity contribution in [3.8, 4) is 5.75 Å². The van der Waals surface area contributed by atoms with E-state index in [9.17, 15) is 4.79 Å². The maximum atomic E-state index is 12.8. The van der Waals surface area contributed by atoms with E-state index in [1.807, 2.05) is 91.0 Å². The molecule has 3 aromatic rings. The number of para-hydroxylation sites is 1. The van der Waals surface area contributed by atoms with Gasteiger partial charge >= 0.3 is 6.03 Å². The minimum Gasteiger partial charge on any atom is -0.496 e. The number of benzene rings is 3. The van der Waals surface area contributed by atoms with Crippen LogP contribution in [0.3, 0.4) is 0 Å². The molecule has 0 saturated heterocycles. The topological polar surface area (TPSA) is 41.6 Å². The van der Waals surface area contributed by atoms with E-state index in [-0.39, 0.29) is 6.03 Å². The minimum atomic E-state index is -0.154. The van der Waals surface area contributed by atoms with Gasteiger partial charge in [0.25, 0.3) is 0 Å². The molecule has 1 N–H and O–H groups in total. The summed E-state index contributed by atoms with van der Waals surface area (Å²) in [7, 11) is 1.63.